The third-order valence-electron chi connectivity index (χ3n) is 6.02. The molecule has 0 saturated carbocycles. The molecule has 2 aromatic carbocycles. The second kappa shape index (κ2) is 7.96. The van der Waals surface area contributed by atoms with Crippen molar-refractivity contribution in [3.63, 3.8) is 0 Å². The van der Waals surface area contributed by atoms with Gasteiger partial charge in [0.2, 0.25) is 0 Å². The zero-order valence-electron chi connectivity index (χ0n) is 17.0. The molecule has 6 heteroatoms. The molecule has 2 unspecified atom stereocenters. The van der Waals surface area contributed by atoms with Crippen LogP contribution in [-0.4, -0.2) is 15.8 Å². The van der Waals surface area contributed by atoms with Gasteiger partial charge in [-0.15, -0.1) is 11.3 Å². The zero-order chi connectivity index (χ0) is 21.5. The Labute approximate surface area is 189 Å². The summed E-state index contributed by atoms with van der Waals surface area (Å²) in [7, 11) is 0. The Morgan fingerprint density at radius 1 is 1.29 bits per heavy atom. The first-order valence-corrected chi connectivity index (χ1v) is 11.6. The van der Waals surface area contributed by atoms with Crippen LogP contribution in [0.2, 0.25) is 5.02 Å². The van der Waals surface area contributed by atoms with Gasteiger partial charge in [-0.25, -0.2) is 4.98 Å². The second-order valence-electron chi connectivity index (χ2n) is 8.19. The lowest BCUT2D eigenvalue weighted by Crippen LogP contribution is -2.11. The maximum Gasteiger partial charge on any atom is 0.186 e. The van der Waals surface area contributed by atoms with Gasteiger partial charge in [0.15, 0.2) is 11.7 Å². The largest absolute Gasteiger partial charge is 0.358 e. The highest BCUT2D eigenvalue weighted by atomic mass is 35.5. The number of thiazole rings is 1. The summed E-state index contributed by atoms with van der Waals surface area (Å²) >= 11 is 7.30. The van der Waals surface area contributed by atoms with Crippen molar-refractivity contribution in [2.24, 2.45) is 5.92 Å². The van der Waals surface area contributed by atoms with Crippen LogP contribution in [0.3, 0.4) is 0 Å². The van der Waals surface area contributed by atoms with E-state index in [9.17, 15) is 10.1 Å². The fourth-order valence-electron chi connectivity index (χ4n) is 4.31. The number of nitrogens with zero attached hydrogens (tertiary/aromatic N) is 2. The molecule has 0 radical (unpaired) electrons. The summed E-state index contributed by atoms with van der Waals surface area (Å²) in [6.45, 7) is 2.27. The lowest BCUT2D eigenvalue weighted by atomic mass is 9.87. The number of nitrogens with one attached hydrogen (secondary N) is 1. The standard InChI is InChI=1S/C25H20ClN3OS/c1-14-2-8-21-18(10-14)19-11-16(5-9-22(19)28-21)24(30)20(12-27)25-29-23(13-31-25)15-3-6-17(26)7-4-15/h3-7,9,11,13-14,20,28H,2,8,10H2,1H3. The second-order valence-corrected chi connectivity index (χ2v) is 9.52. The lowest BCUT2D eigenvalue weighted by Gasteiger charge is -2.18. The predicted octanol–water partition coefficient (Wildman–Crippen LogP) is 6.56. The Balaban J connectivity index is 1.47. The van der Waals surface area contributed by atoms with Gasteiger partial charge >= 0.3 is 0 Å². The van der Waals surface area contributed by atoms with E-state index in [-0.39, 0.29) is 5.78 Å². The van der Waals surface area contributed by atoms with E-state index in [1.165, 1.54) is 29.0 Å². The average molecular weight is 446 g/mol. The van der Waals surface area contributed by atoms with Crippen LogP contribution in [0.25, 0.3) is 22.2 Å². The highest BCUT2D eigenvalue weighted by molar-refractivity contribution is 7.10. The number of carbonyl (C=O) groups excluding carboxylic acids is 1. The number of aryl methyl sites for hydroxylation is 1. The normalized spacial score (nSPS) is 16.6. The van der Waals surface area contributed by atoms with Gasteiger partial charge in [0, 0.05) is 38.1 Å². The molecule has 0 bridgehead atoms. The minimum absolute atomic E-state index is 0.208. The Hall–Kier alpha value is -2.94. The number of halogens is 1. The summed E-state index contributed by atoms with van der Waals surface area (Å²) in [5.74, 6) is -0.489. The van der Waals surface area contributed by atoms with Crippen molar-refractivity contribution >= 4 is 39.6 Å². The number of rotatable bonds is 4. The number of H-pyrrole nitrogens is 1. The van der Waals surface area contributed by atoms with E-state index in [0.717, 1.165) is 35.0 Å². The molecular formula is C25H20ClN3OS. The third-order valence-corrected chi connectivity index (χ3v) is 7.18. The predicted molar refractivity (Wildman–Crippen MR) is 125 cm³/mol. The van der Waals surface area contributed by atoms with Crippen LogP contribution in [0.15, 0.2) is 47.8 Å². The maximum atomic E-state index is 13.3. The zero-order valence-corrected chi connectivity index (χ0v) is 18.6. The highest BCUT2D eigenvalue weighted by Gasteiger charge is 2.27. The van der Waals surface area contributed by atoms with E-state index >= 15 is 0 Å². The van der Waals surface area contributed by atoms with E-state index in [4.69, 9.17) is 11.6 Å². The van der Waals surface area contributed by atoms with E-state index in [0.29, 0.717) is 21.5 Å². The minimum Gasteiger partial charge on any atom is -0.358 e. The van der Waals surface area contributed by atoms with Gasteiger partial charge in [0.25, 0.3) is 0 Å². The number of carbonyl (C=O) groups is 1. The fourth-order valence-corrected chi connectivity index (χ4v) is 5.30. The molecule has 154 valence electrons. The number of ketones is 1. The van der Waals surface area contributed by atoms with Crippen molar-refractivity contribution in [3.8, 4) is 17.3 Å². The monoisotopic (exact) mass is 445 g/mol. The molecule has 1 aliphatic rings. The quantitative estimate of drug-likeness (QED) is 0.361. The van der Waals surface area contributed by atoms with E-state index in [1.807, 2.05) is 35.7 Å². The van der Waals surface area contributed by atoms with Gasteiger partial charge < -0.3 is 4.98 Å². The number of fused-ring (bicyclic) bond motifs is 3. The molecule has 0 amide bonds. The number of nitriles is 1. The van der Waals surface area contributed by atoms with E-state index in [1.54, 1.807) is 12.1 Å². The van der Waals surface area contributed by atoms with Gasteiger partial charge in [-0.3, -0.25) is 4.79 Å². The summed E-state index contributed by atoms with van der Waals surface area (Å²) < 4.78 is 0. The summed E-state index contributed by atoms with van der Waals surface area (Å²) in [6.07, 6.45) is 3.25. The van der Waals surface area contributed by atoms with Crippen molar-refractivity contribution in [1.29, 1.82) is 5.26 Å². The fraction of sp³-hybridized carbons (Fsp3) is 0.240. The van der Waals surface area contributed by atoms with Crippen LogP contribution in [0.4, 0.5) is 0 Å². The average Bonchev–Trinajstić information content (AvgIpc) is 3.39. The van der Waals surface area contributed by atoms with Crippen molar-refractivity contribution < 1.29 is 4.79 Å². The molecule has 5 rings (SSSR count). The Bertz CT molecular complexity index is 1330. The van der Waals surface area contributed by atoms with Crippen LogP contribution in [-0.2, 0) is 12.8 Å². The summed E-state index contributed by atoms with van der Waals surface area (Å²) in [6, 6.07) is 15.3. The number of Topliss-reactive ketones (excluding diaryl/α,β-unsaturated/α-hetero) is 1. The first kappa shape index (κ1) is 20.0. The maximum absolute atomic E-state index is 13.3. The molecule has 1 aliphatic carbocycles. The Morgan fingerprint density at radius 2 is 2.10 bits per heavy atom. The molecule has 0 spiro atoms. The van der Waals surface area contributed by atoms with E-state index < -0.39 is 5.92 Å². The van der Waals surface area contributed by atoms with Crippen LogP contribution in [0.1, 0.15) is 45.9 Å². The topological polar surface area (TPSA) is 69.5 Å². The number of hydrogen-bond acceptors (Lipinski definition) is 4. The summed E-state index contributed by atoms with van der Waals surface area (Å²) in [5.41, 5.74) is 5.86. The Morgan fingerprint density at radius 3 is 2.87 bits per heavy atom. The van der Waals surface area contributed by atoms with Crippen LogP contribution in [0, 0.1) is 17.2 Å². The van der Waals surface area contributed by atoms with Gasteiger partial charge in [-0.05, 0) is 61.1 Å². The summed E-state index contributed by atoms with van der Waals surface area (Å²) in [5, 5.41) is 13.9. The third kappa shape index (κ3) is 3.67. The van der Waals surface area contributed by atoms with Gasteiger partial charge in [-0.2, -0.15) is 5.26 Å². The van der Waals surface area contributed by atoms with Crippen LogP contribution < -0.4 is 0 Å². The number of aromatic amines is 1. The lowest BCUT2D eigenvalue weighted by molar-refractivity contribution is 0.0979. The molecule has 31 heavy (non-hydrogen) atoms. The van der Waals surface area contributed by atoms with Gasteiger partial charge in [0.1, 0.15) is 5.01 Å². The number of aromatic nitrogens is 2. The summed E-state index contributed by atoms with van der Waals surface area (Å²) in [4.78, 5) is 21.4. The molecule has 4 nitrogen and oxygen atoms in total. The molecule has 0 saturated heterocycles. The molecule has 0 aliphatic heterocycles. The molecule has 4 aromatic rings. The van der Waals surface area contributed by atoms with Crippen LogP contribution >= 0.6 is 22.9 Å². The number of hydrogen-bond donors (Lipinski definition) is 1. The molecular weight excluding hydrogens is 426 g/mol. The number of benzene rings is 2. The van der Waals surface area contributed by atoms with Crippen molar-refractivity contribution in [3.05, 3.63) is 74.7 Å². The molecule has 2 heterocycles. The SMILES string of the molecule is CC1CCc2[nH]c3ccc(C(=O)C(C#N)c4nc(-c5ccc(Cl)cc5)cs4)cc3c2C1. The minimum atomic E-state index is -0.919. The van der Waals surface area contributed by atoms with Gasteiger partial charge in [0.05, 0.1) is 11.8 Å². The van der Waals surface area contributed by atoms with Crippen molar-refractivity contribution in [2.45, 2.75) is 32.1 Å². The molecule has 2 atom stereocenters. The molecule has 1 N–H and O–H groups in total. The Kier molecular flexibility index (Phi) is 5.13. The van der Waals surface area contributed by atoms with Crippen LogP contribution in [0.5, 0.6) is 0 Å². The molecule has 2 aromatic heterocycles. The van der Waals surface area contributed by atoms with Crippen molar-refractivity contribution in [2.75, 3.05) is 0 Å². The molecule has 0 fully saturated rings. The smallest absolute Gasteiger partial charge is 0.186 e. The first-order chi connectivity index (χ1) is 15.0. The van der Waals surface area contributed by atoms with Gasteiger partial charge in [-0.1, -0.05) is 30.7 Å². The first-order valence-electron chi connectivity index (χ1n) is 10.3. The van der Waals surface area contributed by atoms with E-state index in [2.05, 4.69) is 23.0 Å². The highest BCUT2D eigenvalue weighted by Crippen LogP contribution is 2.34. The van der Waals surface area contributed by atoms with Crippen molar-refractivity contribution in [1.82, 2.24) is 9.97 Å².